The van der Waals surface area contributed by atoms with Crippen molar-refractivity contribution >= 4 is 11.9 Å². The number of halogens is 1. The van der Waals surface area contributed by atoms with Gasteiger partial charge in [0.2, 0.25) is 5.91 Å². The van der Waals surface area contributed by atoms with Gasteiger partial charge < -0.3 is 10.0 Å². The SMILES string of the molecule is CCC1(C(=O)O)CCCN1C(=O)Cc1ccccc1F. The summed E-state index contributed by atoms with van der Waals surface area (Å²) in [5.74, 6) is -1.73. The molecule has 1 atom stereocenters. The number of nitrogens with zero attached hydrogens (tertiary/aromatic N) is 1. The lowest BCUT2D eigenvalue weighted by atomic mass is 9.92. The highest BCUT2D eigenvalue weighted by molar-refractivity contribution is 5.88. The van der Waals surface area contributed by atoms with E-state index in [1.54, 1.807) is 25.1 Å². The first-order valence-corrected chi connectivity index (χ1v) is 6.78. The number of carbonyl (C=O) groups excluding carboxylic acids is 1. The molecule has 1 fully saturated rings. The molecule has 1 aromatic carbocycles. The number of carboxylic acid groups (broad SMARTS) is 1. The number of amides is 1. The molecule has 0 spiro atoms. The quantitative estimate of drug-likeness (QED) is 0.919. The van der Waals surface area contributed by atoms with E-state index in [2.05, 4.69) is 0 Å². The Bertz CT molecular complexity index is 532. The Balaban J connectivity index is 2.21. The number of hydrogen-bond donors (Lipinski definition) is 1. The third-order valence-corrected chi connectivity index (χ3v) is 4.07. The number of likely N-dealkylation sites (tertiary alicyclic amines) is 1. The summed E-state index contributed by atoms with van der Waals surface area (Å²) in [7, 11) is 0. The molecule has 0 saturated carbocycles. The minimum Gasteiger partial charge on any atom is -0.479 e. The molecular weight excluding hydrogens is 261 g/mol. The second-order valence-electron chi connectivity index (χ2n) is 5.11. The third-order valence-electron chi connectivity index (χ3n) is 4.07. The Hall–Kier alpha value is -1.91. The second kappa shape index (κ2) is 5.61. The van der Waals surface area contributed by atoms with Gasteiger partial charge in [-0.3, -0.25) is 4.79 Å². The van der Waals surface area contributed by atoms with Gasteiger partial charge >= 0.3 is 5.97 Å². The van der Waals surface area contributed by atoms with Crippen molar-refractivity contribution in [1.82, 2.24) is 4.90 Å². The van der Waals surface area contributed by atoms with Crippen molar-refractivity contribution in [1.29, 1.82) is 0 Å². The molecule has 1 N–H and O–H groups in total. The molecule has 4 nitrogen and oxygen atoms in total. The first-order chi connectivity index (χ1) is 9.51. The molecule has 5 heteroatoms. The summed E-state index contributed by atoms with van der Waals surface area (Å²) in [5, 5.41) is 9.44. The van der Waals surface area contributed by atoms with Crippen molar-refractivity contribution in [3.63, 3.8) is 0 Å². The van der Waals surface area contributed by atoms with Gasteiger partial charge in [-0.1, -0.05) is 25.1 Å². The molecule has 2 rings (SSSR count). The second-order valence-corrected chi connectivity index (χ2v) is 5.11. The lowest BCUT2D eigenvalue weighted by molar-refractivity contribution is -0.156. The van der Waals surface area contributed by atoms with Crippen molar-refractivity contribution in [3.8, 4) is 0 Å². The molecule has 108 valence electrons. The van der Waals surface area contributed by atoms with Gasteiger partial charge in [0.25, 0.3) is 0 Å². The Morgan fingerprint density at radius 3 is 2.70 bits per heavy atom. The van der Waals surface area contributed by atoms with Gasteiger partial charge in [0.1, 0.15) is 11.4 Å². The average molecular weight is 279 g/mol. The number of carbonyl (C=O) groups is 2. The first-order valence-electron chi connectivity index (χ1n) is 6.78. The molecule has 1 saturated heterocycles. The summed E-state index contributed by atoms with van der Waals surface area (Å²) >= 11 is 0. The van der Waals surface area contributed by atoms with E-state index in [1.807, 2.05) is 0 Å². The van der Waals surface area contributed by atoms with Gasteiger partial charge in [-0.05, 0) is 30.9 Å². The zero-order chi connectivity index (χ0) is 14.8. The van der Waals surface area contributed by atoms with Crippen LogP contribution in [0.15, 0.2) is 24.3 Å². The van der Waals surface area contributed by atoms with E-state index >= 15 is 0 Å². The predicted octanol–water partition coefficient (Wildman–Crippen LogP) is 2.22. The first kappa shape index (κ1) is 14.5. The zero-order valence-electron chi connectivity index (χ0n) is 11.4. The summed E-state index contributed by atoms with van der Waals surface area (Å²) in [6.07, 6.45) is 1.40. The Labute approximate surface area is 117 Å². The van der Waals surface area contributed by atoms with E-state index in [-0.39, 0.29) is 12.3 Å². The molecule has 0 radical (unpaired) electrons. The zero-order valence-corrected chi connectivity index (χ0v) is 11.4. The largest absolute Gasteiger partial charge is 0.479 e. The summed E-state index contributed by atoms with van der Waals surface area (Å²) in [5.41, 5.74) is -0.817. The fourth-order valence-corrected chi connectivity index (χ4v) is 2.88. The minimum atomic E-state index is -1.12. The van der Waals surface area contributed by atoms with Crippen LogP contribution in [0.2, 0.25) is 0 Å². The number of carboxylic acids is 1. The molecule has 1 unspecified atom stereocenters. The molecular formula is C15H18FNO3. The number of aliphatic carboxylic acids is 1. The average Bonchev–Trinajstić information content (AvgIpc) is 2.86. The maximum absolute atomic E-state index is 13.6. The monoisotopic (exact) mass is 279 g/mol. The topological polar surface area (TPSA) is 57.6 Å². The fourth-order valence-electron chi connectivity index (χ4n) is 2.88. The molecule has 1 heterocycles. The Morgan fingerprint density at radius 1 is 1.40 bits per heavy atom. The highest BCUT2D eigenvalue weighted by Gasteiger charge is 2.48. The normalized spacial score (nSPS) is 22.0. The van der Waals surface area contributed by atoms with Crippen LogP contribution >= 0.6 is 0 Å². The summed E-state index contributed by atoms with van der Waals surface area (Å²) in [6.45, 7) is 2.19. The fraction of sp³-hybridized carbons (Fsp3) is 0.467. The smallest absolute Gasteiger partial charge is 0.329 e. The van der Waals surface area contributed by atoms with Crippen LogP contribution in [0.1, 0.15) is 31.7 Å². The van der Waals surface area contributed by atoms with Crippen LogP contribution in [-0.4, -0.2) is 34.0 Å². The molecule has 20 heavy (non-hydrogen) atoms. The van der Waals surface area contributed by atoms with Crippen molar-refractivity contribution in [3.05, 3.63) is 35.6 Å². The standard InChI is InChI=1S/C15H18FNO3/c1-2-15(14(19)20)8-5-9-17(15)13(18)10-11-6-3-4-7-12(11)16/h3-4,6-7H,2,5,8-10H2,1H3,(H,19,20). The van der Waals surface area contributed by atoms with Crippen LogP contribution in [0.3, 0.4) is 0 Å². The van der Waals surface area contributed by atoms with Crippen LogP contribution < -0.4 is 0 Å². The maximum atomic E-state index is 13.6. The number of benzene rings is 1. The summed E-state index contributed by atoms with van der Waals surface area (Å²) in [4.78, 5) is 25.3. The van der Waals surface area contributed by atoms with E-state index in [9.17, 15) is 19.1 Å². The lowest BCUT2D eigenvalue weighted by Gasteiger charge is -2.34. The molecule has 1 amide bonds. The van der Waals surface area contributed by atoms with Gasteiger partial charge in [-0.15, -0.1) is 0 Å². The van der Waals surface area contributed by atoms with Crippen molar-refractivity contribution in [2.75, 3.05) is 6.54 Å². The van der Waals surface area contributed by atoms with Gasteiger partial charge in [0.15, 0.2) is 0 Å². The minimum absolute atomic E-state index is 0.0955. The van der Waals surface area contributed by atoms with Crippen LogP contribution in [0, 0.1) is 5.82 Å². The van der Waals surface area contributed by atoms with Crippen LogP contribution in [0.5, 0.6) is 0 Å². The molecule has 1 aromatic rings. The van der Waals surface area contributed by atoms with Crippen LogP contribution in [0.4, 0.5) is 4.39 Å². The van der Waals surface area contributed by atoms with E-state index in [0.29, 0.717) is 31.4 Å². The van der Waals surface area contributed by atoms with E-state index in [1.165, 1.54) is 11.0 Å². The maximum Gasteiger partial charge on any atom is 0.329 e. The van der Waals surface area contributed by atoms with Crippen molar-refractivity contribution in [2.24, 2.45) is 0 Å². The molecule has 1 aliphatic rings. The van der Waals surface area contributed by atoms with E-state index in [4.69, 9.17) is 0 Å². The highest BCUT2D eigenvalue weighted by Crippen LogP contribution is 2.33. The highest BCUT2D eigenvalue weighted by atomic mass is 19.1. The molecule has 0 bridgehead atoms. The lowest BCUT2D eigenvalue weighted by Crippen LogP contribution is -2.53. The van der Waals surface area contributed by atoms with Crippen molar-refractivity contribution in [2.45, 2.75) is 38.1 Å². The molecule has 0 aliphatic carbocycles. The van der Waals surface area contributed by atoms with E-state index in [0.717, 1.165) is 0 Å². The Kier molecular flexibility index (Phi) is 4.06. The third kappa shape index (κ3) is 2.40. The molecule has 1 aliphatic heterocycles. The van der Waals surface area contributed by atoms with Gasteiger partial charge in [0, 0.05) is 6.54 Å². The van der Waals surface area contributed by atoms with Crippen LogP contribution in [0.25, 0.3) is 0 Å². The van der Waals surface area contributed by atoms with Gasteiger partial charge in [-0.25, -0.2) is 9.18 Å². The number of rotatable bonds is 4. The van der Waals surface area contributed by atoms with Crippen molar-refractivity contribution < 1.29 is 19.1 Å². The number of hydrogen-bond acceptors (Lipinski definition) is 2. The predicted molar refractivity (Wildman–Crippen MR) is 71.7 cm³/mol. The van der Waals surface area contributed by atoms with E-state index < -0.39 is 17.3 Å². The van der Waals surface area contributed by atoms with Gasteiger partial charge in [-0.2, -0.15) is 0 Å². The summed E-state index contributed by atoms with van der Waals surface area (Å²) < 4.78 is 13.6. The van der Waals surface area contributed by atoms with Crippen LogP contribution in [-0.2, 0) is 16.0 Å². The molecule has 0 aromatic heterocycles. The van der Waals surface area contributed by atoms with Gasteiger partial charge in [0.05, 0.1) is 6.42 Å². The summed E-state index contributed by atoms with van der Waals surface area (Å²) in [6, 6.07) is 6.08. The Morgan fingerprint density at radius 2 is 2.10 bits per heavy atom.